The summed E-state index contributed by atoms with van der Waals surface area (Å²) in [6.45, 7) is 3.93. The predicted octanol–water partition coefficient (Wildman–Crippen LogP) is 2.97. The van der Waals surface area contributed by atoms with Crippen molar-refractivity contribution in [3.05, 3.63) is 46.5 Å². The fourth-order valence-corrected chi connectivity index (χ4v) is 2.59. The molecule has 0 saturated heterocycles. The largest absolute Gasteiger partial charge is 0.350 e. The highest BCUT2D eigenvalue weighted by Gasteiger charge is 2.40. The maximum absolute atomic E-state index is 14.0. The smallest absolute Gasteiger partial charge is 0.349 e. The van der Waals surface area contributed by atoms with Gasteiger partial charge in [-0.2, -0.15) is 13.9 Å². The van der Waals surface area contributed by atoms with E-state index in [9.17, 15) is 13.6 Å². The van der Waals surface area contributed by atoms with Crippen LogP contribution < -0.4 is 5.32 Å². The van der Waals surface area contributed by atoms with Crippen molar-refractivity contribution < 1.29 is 13.6 Å². The summed E-state index contributed by atoms with van der Waals surface area (Å²) in [4.78, 5) is 11.8. The van der Waals surface area contributed by atoms with E-state index in [1.165, 1.54) is 24.3 Å². The Hall–Kier alpha value is -2.09. The summed E-state index contributed by atoms with van der Waals surface area (Å²) in [5.74, 6) is -4.27. The summed E-state index contributed by atoms with van der Waals surface area (Å²) in [5.41, 5.74) is -0.331. The summed E-state index contributed by atoms with van der Waals surface area (Å²) in [7, 11) is 0. The molecule has 5 nitrogen and oxygen atoms in total. The summed E-state index contributed by atoms with van der Waals surface area (Å²) in [5, 5.41) is 8.98. The van der Waals surface area contributed by atoms with E-state index >= 15 is 0 Å². The molecule has 1 aromatic heterocycles. The van der Waals surface area contributed by atoms with Gasteiger partial charge in [-0.15, -0.1) is 0 Å². The molecule has 0 unspecified atom stereocenters. The second-order valence-corrected chi connectivity index (χ2v) is 5.74. The minimum absolute atomic E-state index is 0.0492. The summed E-state index contributed by atoms with van der Waals surface area (Å²) >= 11 is 5.11. The Morgan fingerprint density at radius 3 is 2.65 bits per heavy atom. The Morgan fingerprint density at radius 2 is 2.04 bits per heavy atom. The van der Waals surface area contributed by atoms with Crippen LogP contribution in [0.25, 0.3) is 0 Å². The molecule has 0 aliphatic heterocycles. The number of rotatable bonds is 6. The molecule has 0 fully saturated rings. The molecule has 124 valence electrons. The molecule has 0 aliphatic rings. The van der Waals surface area contributed by atoms with E-state index in [1.54, 1.807) is 10.6 Å². The molecule has 2 aromatic rings. The van der Waals surface area contributed by atoms with Crippen LogP contribution in [0, 0.1) is 4.77 Å². The van der Waals surface area contributed by atoms with Gasteiger partial charge in [0.05, 0.1) is 0 Å². The maximum atomic E-state index is 14.0. The van der Waals surface area contributed by atoms with Crippen molar-refractivity contribution in [2.24, 2.45) is 0 Å². The van der Waals surface area contributed by atoms with Crippen molar-refractivity contribution in [3.63, 3.8) is 0 Å². The van der Waals surface area contributed by atoms with Gasteiger partial charge in [-0.3, -0.25) is 9.89 Å². The van der Waals surface area contributed by atoms with E-state index in [0.717, 1.165) is 0 Å². The van der Waals surface area contributed by atoms with Crippen LogP contribution >= 0.6 is 12.2 Å². The first-order valence-corrected chi connectivity index (χ1v) is 7.62. The van der Waals surface area contributed by atoms with Crippen LogP contribution in [-0.4, -0.2) is 27.2 Å². The Kier molecular flexibility index (Phi) is 5.25. The van der Waals surface area contributed by atoms with Crippen molar-refractivity contribution in [1.29, 1.82) is 0 Å². The molecule has 0 saturated carbocycles. The lowest BCUT2D eigenvalue weighted by Gasteiger charge is -2.16. The molecule has 2 N–H and O–H groups in total. The topological polar surface area (TPSA) is 62.7 Å². The molecule has 0 bridgehead atoms. The molecule has 0 spiro atoms. The van der Waals surface area contributed by atoms with Crippen LogP contribution in [0.2, 0.25) is 0 Å². The number of alkyl halides is 2. The number of hydrogen-bond donors (Lipinski definition) is 2. The average Bonchev–Trinajstić information content (AvgIpc) is 2.89. The van der Waals surface area contributed by atoms with Crippen molar-refractivity contribution in [2.45, 2.75) is 32.2 Å². The number of nitrogens with zero attached hydrogens (tertiary/aromatic N) is 2. The minimum Gasteiger partial charge on any atom is -0.350 e. The standard InChI is InChI=1S/C15H18F2N4OS/c1-10(2)21-12(19-20-14(21)23)8-9-18-13(22)15(16,17)11-6-4-3-5-7-11/h3-7,10H,8-9H2,1-2H3,(H,18,22)(H,20,23). The number of benzene rings is 1. The molecule has 0 atom stereocenters. The van der Waals surface area contributed by atoms with Crippen LogP contribution in [0.3, 0.4) is 0 Å². The van der Waals surface area contributed by atoms with E-state index in [2.05, 4.69) is 15.5 Å². The first-order chi connectivity index (χ1) is 10.8. The number of hydrogen-bond acceptors (Lipinski definition) is 3. The highest BCUT2D eigenvalue weighted by atomic mass is 32.1. The molecule has 23 heavy (non-hydrogen) atoms. The monoisotopic (exact) mass is 340 g/mol. The molecule has 8 heteroatoms. The second kappa shape index (κ2) is 6.99. The molecule has 1 heterocycles. The molecule has 1 aromatic carbocycles. The quantitative estimate of drug-likeness (QED) is 0.795. The Bertz CT molecular complexity index is 725. The number of H-pyrrole nitrogens is 1. The maximum Gasteiger partial charge on any atom is 0.349 e. The summed E-state index contributed by atoms with van der Waals surface area (Å²) in [6, 6.07) is 7.10. The fourth-order valence-electron chi connectivity index (χ4n) is 2.22. The van der Waals surface area contributed by atoms with Crippen LogP contribution in [0.1, 0.15) is 31.3 Å². The van der Waals surface area contributed by atoms with Crippen molar-refractivity contribution in [3.8, 4) is 0 Å². The lowest BCUT2D eigenvalue weighted by molar-refractivity contribution is -0.146. The van der Waals surface area contributed by atoms with E-state index in [4.69, 9.17) is 12.2 Å². The normalized spacial score (nSPS) is 11.7. The number of aromatic nitrogens is 3. The first kappa shape index (κ1) is 17.3. The van der Waals surface area contributed by atoms with Gasteiger partial charge in [0.15, 0.2) is 4.77 Å². The number of aromatic amines is 1. The molecule has 0 aliphatic carbocycles. The molecule has 0 radical (unpaired) electrons. The van der Waals surface area contributed by atoms with Crippen LogP contribution in [0.4, 0.5) is 8.78 Å². The van der Waals surface area contributed by atoms with Gasteiger partial charge in [0.2, 0.25) is 0 Å². The van der Waals surface area contributed by atoms with Crippen molar-refractivity contribution >= 4 is 18.1 Å². The molecule has 2 rings (SSSR count). The predicted molar refractivity (Wildman–Crippen MR) is 84.8 cm³/mol. The van der Waals surface area contributed by atoms with E-state index in [1.807, 2.05) is 13.8 Å². The molecule has 1 amide bonds. The number of amides is 1. The second-order valence-electron chi connectivity index (χ2n) is 5.36. The van der Waals surface area contributed by atoms with Gasteiger partial charge in [-0.05, 0) is 26.1 Å². The number of carbonyl (C=O) groups excluding carboxylic acids is 1. The van der Waals surface area contributed by atoms with E-state index in [-0.39, 0.29) is 18.2 Å². The summed E-state index contributed by atoms with van der Waals surface area (Å²) < 4.78 is 30.3. The third-order valence-corrected chi connectivity index (χ3v) is 3.64. The zero-order chi connectivity index (χ0) is 17.0. The fraction of sp³-hybridized carbons (Fsp3) is 0.400. The van der Waals surface area contributed by atoms with Gasteiger partial charge in [-0.1, -0.05) is 30.3 Å². The average molecular weight is 340 g/mol. The first-order valence-electron chi connectivity index (χ1n) is 7.21. The van der Waals surface area contributed by atoms with Gasteiger partial charge in [-0.25, -0.2) is 0 Å². The SMILES string of the molecule is CC(C)n1c(CCNC(=O)C(F)(F)c2ccccc2)n[nH]c1=S. The zero-order valence-corrected chi connectivity index (χ0v) is 13.7. The Labute approximate surface area is 137 Å². The third kappa shape index (κ3) is 3.82. The minimum atomic E-state index is -3.57. The van der Waals surface area contributed by atoms with Crippen LogP contribution in [0.5, 0.6) is 0 Å². The van der Waals surface area contributed by atoms with E-state index in [0.29, 0.717) is 17.0 Å². The Balaban J connectivity index is 1.99. The highest BCUT2D eigenvalue weighted by molar-refractivity contribution is 7.71. The van der Waals surface area contributed by atoms with Crippen LogP contribution in [0.15, 0.2) is 30.3 Å². The summed E-state index contributed by atoms with van der Waals surface area (Å²) in [6.07, 6.45) is 0.307. The highest BCUT2D eigenvalue weighted by Crippen LogP contribution is 2.27. The number of carbonyl (C=O) groups is 1. The van der Waals surface area contributed by atoms with Gasteiger partial charge < -0.3 is 9.88 Å². The third-order valence-electron chi connectivity index (χ3n) is 3.35. The van der Waals surface area contributed by atoms with E-state index < -0.39 is 11.8 Å². The lowest BCUT2D eigenvalue weighted by Crippen LogP contribution is -2.39. The van der Waals surface area contributed by atoms with Gasteiger partial charge in [0.25, 0.3) is 5.91 Å². The van der Waals surface area contributed by atoms with Crippen molar-refractivity contribution in [2.75, 3.05) is 6.54 Å². The number of halogens is 2. The van der Waals surface area contributed by atoms with Gasteiger partial charge in [0, 0.05) is 24.6 Å². The van der Waals surface area contributed by atoms with Crippen LogP contribution in [-0.2, 0) is 17.1 Å². The van der Waals surface area contributed by atoms with Gasteiger partial charge >= 0.3 is 5.92 Å². The Morgan fingerprint density at radius 1 is 1.39 bits per heavy atom. The van der Waals surface area contributed by atoms with Crippen molar-refractivity contribution in [1.82, 2.24) is 20.1 Å². The zero-order valence-electron chi connectivity index (χ0n) is 12.8. The lowest BCUT2D eigenvalue weighted by atomic mass is 10.1. The molecular weight excluding hydrogens is 322 g/mol. The number of nitrogens with one attached hydrogen (secondary N) is 2. The van der Waals surface area contributed by atoms with Gasteiger partial charge in [0.1, 0.15) is 5.82 Å². The molecular formula is C15H18F2N4OS.